The molecule has 2 rings (SSSR count). The number of carbonyl (C=O) groups excluding carboxylic acids is 2. The number of hydrogen-bond acceptors (Lipinski definition) is 3. The van der Waals surface area contributed by atoms with E-state index in [0.717, 1.165) is 26.2 Å². The Balaban J connectivity index is 1.79. The second-order valence-corrected chi connectivity index (χ2v) is 6.93. The SMILES string of the molecule is CCN(CC1[C@H]2CN(C(=O)OC(C)(C)C)C[C@@H]12)C(C)=O. The number of amides is 2. The molecule has 1 aliphatic carbocycles. The van der Waals surface area contributed by atoms with E-state index in [9.17, 15) is 9.59 Å². The van der Waals surface area contributed by atoms with E-state index in [1.54, 1.807) is 11.8 Å². The third-order valence-corrected chi connectivity index (χ3v) is 4.28. The molecular formula is C15H26N2O3. The lowest BCUT2D eigenvalue weighted by Gasteiger charge is -2.26. The zero-order valence-corrected chi connectivity index (χ0v) is 13.2. The quantitative estimate of drug-likeness (QED) is 0.795. The Bertz CT molecular complexity index is 390. The smallest absolute Gasteiger partial charge is 0.410 e. The number of ether oxygens (including phenoxy) is 1. The van der Waals surface area contributed by atoms with Crippen molar-refractivity contribution in [3.05, 3.63) is 0 Å². The number of nitrogens with zero attached hydrogens (tertiary/aromatic N) is 2. The molecule has 0 bridgehead atoms. The second-order valence-electron chi connectivity index (χ2n) is 6.93. The summed E-state index contributed by atoms with van der Waals surface area (Å²) < 4.78 is 5.39. The average Bonchev–Trinajstić information content (AvgIpc) is 2.76. The van der Waals surface area contributed by atoms with Gasteiger partial charge in [0.2, 0.25) is 5.91 Å². The largest absolute Gasteiger partial charge is 0.444 e. The molecule has 2 amide bonds. The topological polar surface area (TPSA) is 49.9 Å². The van der Waals surface area contributed by atoms with Crippen LogP contribution in [0.5, 0.6) is 0 Å². The highest BCUT2D eigenvalue weighted by atomic mass is 16.6. The molecule has 0 aromatic heterocycles. The average molecular weight is 282 g/mol. The van der Waals surface area contributed by atoms with Gasteiger partial charge >= 0.3 is 6.09 Å². The molecule has 1 aliphatic heterocycles. The van der Waals surface area contributed by atoms with Crippen molar-refractivity contribution in [1.29, 1.82) is 0 Å². The first-order chi connectivity index (χ1) is 9.23. The first-order valence-electron chi connectivity index (χ1n) is 7.46. The highest BCUT2D eigenvalue weighted by Gasteiger charge is 2.57. The lowest BCUT2D eigenvalue weighted by atomic mass is 10.2. The van der Waals surface area contributed by atoms with Crippen LogP contribution in [-0.2, 0) is 9.53 Å². The van der Waals surface area contributed by atoms with Gasteiger partial charge in [-0.05, 0) is 45.4 Å². The van der Waals surface area contributed by atoms with Gasteiger partial charge in [0.05, 0.1) is 0 Å². The molecule has 1 saturated carbocycles. The minimum absolute atomic E-state index is 0.140. The van der Waals surface area contributed by atoms with E-state index in [0.29, 0.717) is 17.8 Å². The molecule has 5 heteroatoms. The molecular weight excluding hydrogens is 256 g/mol. The summed E-state index contributed by atoms with van der Waals surface area (Å²) in [6, 6.07) is 0. The first kappa shape index (κ1) is 15.1. The van der Waals surface area contributed by atoms with E-state index in [-0.39, 0.29) is 12.0 Å². The molecule has 1 heterocycles. The van der Waals surface area contributed by atoms with Crippen LogP contribution in [0.3, 0.4) is 0 Å². The van der Waals surface area contributed by atoms with Gasteiger partial charge in [-0.3, -0.25) is 4.79 Å². The Hall–Kier alpha value is -1.26. The van der Waals surface area contributed by atoms with Gasteiger partial charge in [0.1, 0.15) is 5.60 Å². The predicted octanol–water partition coefficient (Wildman–Crippen LogP) is 1.97. The van der Waals surface area contributed by atoms with E-state index >= 15 is 0 Å². The van der Waals surface area contributed by atoms with E-state index in [1.165, 1.54) is 0 Å². The van der Waals surface area contributed by atoms with Crippen LogP contribution in [0.4, 0.5) is 4.79 Å². The van der Waals surface area contributed by atoms with E-state index in [4.69, 9.17) is 4.74 Å². The molecule has 0 N–H and O–H groups in total. The molecule has 0 aromatic carbocycles. The minimum atomic E-state index is -0.434. The van der Waals surface area contributed by atoms with Crippen molar-refractivity contribution in [2.75, 3.05) is 26.2 Å². The summed E-state index contributed by atoms with van der Waals surface area (Å²) in [6.07, 6.45) is -0.206. The number of likely N-dealkylation sites (tertiary alicyclic amines) is 1. The van der Waals surface area contributed by atoms with Gasteiger partial charge in [-0.2, -0.15) is 0 Å². The second kappa shape index (κ2) is 5.26. The molecule has 20 heavy (non-hydrogen) atoms. The van der Waals surface area contributed by atoms with Gasteiger partial charge in [0.15, 0.2) is 0 Å². The Morgan fingerprint density at radius 1 is 1.25 bits per heavy atom. The number of carbonyl (C=O) groups is 2. The lowest BCUT2D eigenvalue weighted by molar-refractivity contribution is -0.129. The van der Waals surface area contributed by atoms with Gasteiger partial charge in [-0.15, -0.1) is 0 Å². The molecule has 3 atom stereocenters. The molecule has 0 radical (unpaired) electrons. The van der Waals surface area contributed by atoms with Crippen LogP contribution in [0, 0.1) is 17.8 Å². The molecule has 0 aromatic rings. The summed E-state index contributed by atoms with van der Waals surface area (Å²) in [6.45, 7) is 12.4. The van der Waals surface area contributed by atoms with Crippen LogP contribution in [0.1, 0.15) is 34.6 Å². The third-order valence-electron chi connectivity index (χ3n) is 4.28. The van der Waals surface area contributed by atoms with Crippen molar-refractivity contribution in [3.63, 3.8) is 0 Å². The van der Waals surface area contributed by atoms with Crippen molar-refractivity contribution in [3.8, 4) is 0 Å². The molecule has 5 nitrogen and oxygen atoms in total. The Morgan fingerprint density at radius 2 is 1.80 bits per heavy atom. The van der Waals surface area contributed by atoms with Gasteiger partial charge in [0, 0.05) is 33.1 Å². The van der Waals surface area contributed by atoms with Crippen LogP contribution in [0.2, 0.25) is 0 Å². The standard InChI is InChI=1S/C15H26N2O3/c1-6-16(10(2)18)7-11-12-8-17(9-13(11)12)14(19)20-15(3,4)5/h11-13H,6-9H2,1-5H3/t11?,12-,13+. The Kier molecular flexibility index (Phi) is 3.98. The Labute approximate surface area is 121 Å². The molecule has 114 valence electrons. The summed E-state index contributed by atoms with van der Waals surface area (Å²) in [5.74, 6) is 1.81. The lowest BCUT2D eigenvalue weighted by Crippen LogP contribution is -2.38. The molecule has 1 saturated heterocycles. The van der Waals surface area contributed by atoms with E-state index in [1.807, 2.05) is 32.6 Å². The fraction of sp³-hybridized carbons (Fsp3) is 0.867. The van der Waals surface area contributed by atoms with Crippen molar-refractivity contribution >= 4 is 12.0 Å². The molecule has 2 aliphatic rings. The van der Waals surface area contributed by atoms with E-state index < -0.39 is 5.60 Å². The summed E-state index contributed by atoms with van der Waals surface area (Å²) in [5, 5.41) is 0. The summed E-state index contributed by atoms with van der Waals surface area (Å²) in [5.41, 5.74) is -0.434. The number of piperidine rings is 1. The van der Waals surface area contributed by atoms with E-state index in [2.05, 4.69) is 0 Å². The van der Waals surface area contributed by atoms with Crippen molar-refractivity contribution in [1.82, 2.24) is 9.80 Å². The predicted molar refractivity (Wildman–Crippen MR) is 76.2 cm³/mol. The van der Waals surface area contributed by atoms with Gasteiger partial charge in [-0.25, -0.2) is 4.79 Å². The Morgan fingerprint density at radius 3 is 2.20 bits per heavy atom. The van der Waals surface area contributed by atoms with Crippen LogP contribution in [-0.4, -0.2) is 53.6 Å². The maximum Gasteiger partial charge on any atom is 0.410 e. The summed E-state index contributed by atoms with van der Waals surface area (Å²) in [4.78, 5) is 27.1. The fourth-order valence-corrected chi connectivity index (χ4v) is 3.13. The third kappa shape index (κ3) is 3.25. The molecule has 1 unspecified atom stereocenters. The van der Waals surface area contributed by atoms with Crippen molar-refractivity contribution in [2.24, 2.45) is 17.8 Å². The zero-order chi connectivity index (χ0) is 15.1. The van der Waals surface area contributed by atoms with Gasteiger partial charge in [0.25, 0.3) is 0 Å². The molecule has 2 fully saturated rings. The summed E-state index contributed by atoms with van der Waals surface area (Å²) in [7, 11) is 0. The summed E-state index contributed by atoms with van der Waals surface area (Å²) >= 11 is 0. The number of rotatable bonds is 3. The highest BCUT2D eigenvalue weighted by Crippen LogP contribution is 2.52. The monoisotopic (exact) mass is 282 g/mol. The zero-order valence-electron chi connectivity index (χ0n) is 13.2. The minimum Gasteiger partial charge on any atom is -0.444 e. The fourth-order valence-electron chi connectivity index (χ4n) is 3.13. The highest BCUT2D eigenvalue weighted by molar-refractivity contribution is 5.73. The number of hydrogen-bond donors (Lipinski definition) is 0. The van der Waals surface area contributed by atoms with Crippen molar-refractivity contribution < 1.29 is 14.3 Å². The van der Waals surface area contributed by atoms with Crippen LogP contribution < -0.4 is 0 Å². The number of fused-ring (bicyclic) bond motifs is 1. The first-order valence-corrected chi connectivity index (χ1v) is 7.46. The molecule has 0 spiro atoms. The van der Waals surface area contributed by atoms with Gasteiger partial charge in [-0.1, -0.05) is 0 Å². The van der Waals surface area contributed by atoms with Crippen LogP contribution in [0.25, 0.3) is 0 Å². The maximum atomic E-state index is 12.0. The van der Waals surface area contributed by atoms with Crippen LogP contribution >= 0.6 is 0 Å². The van der Waals surface area contributed by atoms with Crippen LogP contribution in [0.15, 0.2) is 0 Å². The maximum absolute atomic E-state index is 12.0. The van der Waals surface area contributed by atoms with Gasteiger partial charge < -0.3 is 14.5 Å². The van der Waals surface area contributed by atoms with Crippen molar-refractivity contribution in [2.45, 2.75) is 40.2 Å². The normalized spacial score (nSPS) is 28.1.